The SMILES string of the molecule is Cn1cnnc1[C@@H](CC(=O)O)c1ccc(Oc2ccc3c(c2)CCCC3)cc1. The maximum absolute atomic E-state index is 11.3. The number of rotatable bonds is 6. The van der Waals surface area contributed by atoms with Gasteiger partial charge in [0.2, 0.25) is 0 Å². The molecule has 1 atom stereocenters. The molecule has 4 rings (SSSR count). The van der Waals surface area contributed by atoms with Gasteiger partial charge in [0, 0.05) is 7.05 Å². The van der Waals surface area contributed by atoms with E-state index >= 15 is 0 Å². The minimum absolute atomic E-state index is 0.0441. The Morgan fingerprint density at radius 1 is 1.11 bits per heavy atom. The van der Waals surface area contributed by atoms with Crippen molar-refractivity contribution >= 4 is 5.97 Å². The fraction of sp³-hybridized carbons (Fsp3) is 0.318. The van der Waals surface area contributed by atoms with E-state index < -0.39 is 5.97 Å². The Balaban J connectivity index is 1.54. The molecule has 0 saturated carbocycles. The molecular formula is C22H23N3O3. The Morgan fingerprint density at radius 3 is 2.50 bits per heavy atom. The third-order valence-corrected chi connectivity index (χ3v) is 5.27. The molecule has 0 bridgehead atoms. The molecule has 2 aromatic carbocycles. The molecule has 6 heteroatoms. The number of fused-ring (bicyclic) bond motifs is 1. The molecule has 0 saturated heterocycles. The highest BCUT2D eigenvalue weighted by Gasteiger charge is 2.22. The van der Waals surface area contributed by atoms with Gasteiger partial charge in [-0.05, 0) is 66.6 Å². The van der Waals surface area contributed by atoms with Crippen LogP contribution in [0.15, 0.2) is 48.8 Å². The Morgan fingerprint density at radius 2 is 1.82 bits per heavy atom. The molecule has 0 amide bonds. The maximum Gasteiger partial charge on any atom is 0.304 e. The number of carbonyl (C=O) groups is 1. The van der Waals surface area contributed by atoms with Gasteiger partial charge < -0.3 is 14.4 Å². The minimum atomic E-state index is -0.873. The van der Waals surface area contributed by atoms with Crippen LogP contribution in [0.5, 0.6) is 11.5 Å². The predicted octanol–water partition coefficient (Wildman–Crippen LogP) is 4.09. The molecule has 144 valence electrons. The van der Waals surface area contributed by atoms with Crippen molar-refractivity contribution in [2.75, 3.05) is 0 Å². The average molecular weight is 377 g/mol. The summed E-state index contributed by atoms with van der Waals surface area (Å²) in [6, 6.07) is 13.9. The number of carboxylic acids is 1. The lowest BCUT2D eigenvalue weighted by atomic mass is 9.92. The summed E-state index contributed by atoms with van der Waals surface area (Å²) in [6.07, 6.45) is 6.29. The maximum atomic E-state index is 11.3. The van der Waals surface area contributed by atoms with E-state index in [2.05, 4.69) is 22.3 Å². The topological polar surface area (TPSA) is 77.2 Å². The van der Waals surface area contributed by atoms with Crippen LogP contribution in [0.2, 0.25) is 0 Å². The molecule has 0 spiro atoms. The zero-order valence-electron chi connectivity index (χ0n) is 15.8. The molecule has 1 heterocycles. The second-order valence-corrected chi connectivity index (χ2v) is 7.26. The van der Waals surface area contributed by atoms with E-state index in [0.29, 0.717) is 5.82 Å². The van der Waals surface area contributed by atoms with Gasteiger partial charge in [-0.1, -0.05) is 18.2 Å². The van der Waals surface area contributed by atoms with Gasteiger partial charge in [-0.2, -0.15) is 0 Å². The van der Waals surface area contributed by atoms with Gasteiger partial charge in [-0.25, -0.2) is 0 Å². The number of benzene rings is 2. The molecule has 1 aromatic heterocycles. The summed E-state index contributed by atoms with van der Waals surface area (Å²) in [7, 11) is 1.82. The third kappa shape index (κ3) is 3.91. The van der Waals surface area contributed by atoms with Crippen molar-refractivity contribution in [3.05, 3.63) is 71.3 Å². The smallest absolute Gasteiger partial charge is 0.304 e. The molecule has 3 aromatic rings. The zero-order chi connectivity index (χ0) is 19.5. The Hall–Kier alpha value is -3.15. The molecule has 28 heavy (non-hydrogen) atoms. The average Bonchev–Trinajstić information content (AvgIpc) is 3.12. The fourth-order valence-corrected chi connectivity index (χ4v) is 3.82. The van der Waals surface area contributed by atoms with Crippen molar-refractivity contribution in [2.45, 2.75) is 38.0 Å². The normalized spacial score (nSPS) is 14.3. The molecular weight excluding hydrogens is 354 g/mol. The standard InChI is InChI=1S/C22H23N3O3/c1-25-14-23-24-22(25)20(13-21(26)27)16-7-9-18(10-8-16)28-19-11-6-15-4-2-3-5-17(15)12-19/h6-12,14,20H,2-5,13H2,1H3,(H,26,27)/t20-/m0/s1. The van der Waals surface area contributed by atoms with Crippen LogP contribution in [0.1, 0.15) is 47.7 Å². The van der Waals surface area contributed by atoms with Crippen LogP contribution in [0.25, 0.3) is 0 Å². The lowest BCUT2D eigenvalue weighted by Crippen LogP contribution is -2.12. The van der Waals surface area contributed by atoms with E-state index in [9.17, 15) is 9.90 Å². The van der Waals surface area contributed by atoms with Gasteiger partial charge in [-0.3, -0.25) is 4.79 Å². The lowest BCUT2D eigenvalue weighted by Gasteiger charge is -2.17. The van der Waals surface area contributed by atoms with Gasteiger partial charge in [0.25, 0.3) is 0 Å². The van der Waals surface area contributed by atoms with E-state index in [0.717, 1.165) is 29.9 Å². The summed E-state index contributed by atoms with van der Waals surface area (Å²) in [5, 5.41) is 17.3. The van der Waals surface area contributed by atoms with Crippen LogP contribution in [-0.4, -0.2) is 25.8 Å². The van der Waals surface area contributed by atoms with Crippen molar-refractivity contribution in [2.24, 2.45) is 7.05 Å². The molecule has 0 radical (unpaired) electrons. The van der Waals surface area contributed by atoms with Gasteiger partial charge in [0.15, 0.2) is 0 Å². The monoisotopic (exact) mass is 377 g/mol. The lowest BCUT2D eigenvalue weighted by molar-refractivity contribution is -0.137. The number of ether oxygens (including phenoxy) is 1. The molecule has 1 aliphatic carbocycles. The number of hydrogen-bond acceptors (Lipinski definition) is 4. The van der Waals surface area contributed by atoms with Gasteiger partial charge in [0.1, 0.15) is 23.7 Å². The van der Waals surface area contributed by atoms with Crippen LogP contribution in [0, 0.1) is 0 Å². The largest absolute Gasteiger partial charge is 0.481 e. The second kappa shape index (κ2) is 7.84. The van der Waals surface area contributed by atoms with Crippen LogP contribution in [0.4, 0.5) is 0 Å². The number of aliphatic carboxylic acids is 1. The van der Waals surface area contributed by atoms with E-state index in [-0.39, 0.29) is 12.3 Å². The van der Waals surface area contributed by atoms with Gasteiger partial charge in [-0.15, -0.1) is 10.2 Å². The third-order valence-electron chi connectivity index (χ3n) is 5.27. The molecule has 0 unspecified atom stereocenters. The van der Waals surface area contributed by atoms with Crippen molar-refractivity contribution in [1.29, 1.82) is 0 Å². The summed E-state index contributed by atoms with van der Waals surface area (Å²) in [6.45, 7) is 0. The minimum Gasteiger partial charge on any atom is -0.481 e. The number of hydrogen-bond donors (Lipinski definition) is 1. The summed E-state index contributed by atoms with van der Waals surface area (Å²) in [5.74, 6) is 0.964. The summed E-state index contributed by atoms with van der Waals surface area (Å²) < 4.78 is 7.78. The number of aryl methyl sites for hydroxylation is 3. The first-order valence-corrected chi connectivity index (χ1v) is 9.55. The van der Waals surface area contributed by atoms with E-state index in [4.69, 9.17) is 4.74 Å². The predicted molar refractivity (Wildman–Crippen MR) is 105 cm³/mol. The molecule has 0 fully saturated rings. The first-order chi connectivity index (χ1) is 13.6. The Bertz CT molecular complexity index is 979. The Kier molecular flexibility index (Phi) is 5.10. The summed E-state index contributed by atoms with van der Waals surface area (Å²) in [4.78, 5) is 11.3. The Labute approximate surface area is 163 Å². The van der Waals surface area contributed by atoms with Crippen LogP contribution < -0.4 is 4.74 Å². The molecule has 6 nitrogen and oxygen atoms in total. The summed E-state index contributed by atoms with van der Waals surface area (Å²) in [5.41, 5.74) is 3.68. The number of nitrogens with zero attached hydrogens (tertiary/aromatic N) is 3. The van der Waals surface area contributed by atoms with Crippen molar-refractivity contribution in [3.8, 4) is 11.5 Å². The highest BCUT2D eigenvalue weighted by molar-refractivity contribution is 5.68. The first kappa shape index (κ1) is 18.2. The van der Waals surface area contributed by atoms with Crippen molar-refractivity contribution in [1.82, 2.24) is 14.8 Å². The van der Waals surface area contributed by atoms with E-state index in [1.807, 2.05) is 37.4 Å². The van der Waals surface area contributed by atoms with Crippen molar-refractivity contribution in [3.63, 3.8) is 0 Å². The molecule has 0 aliphatic heterocycles. The highest BCUT2D eigenvalue weighted by Crippen LogP contribution is 2.31. The second-order valence-electron chi connectivity index (χ2n) is 7.26. The molecule has 1 aliphatic rings. The number of carboxylic acid groups (broad SMARTS) is 1. The highest BCUT2D eigenvalue weighted by atomic mass is 16.5. The van der Waals surface area contributed by atoms with Gasteiger partial charge >= 0.3 is 5.97 Å². The van der Waals surface area contributed by atoms with Crippen molar-refractivity contribution < 1.29 is 14.6 Å². The van der Waals surface area contributed by atoms with Gasteiger partial charge in [0.05, 0.1) is 12.3 Å². The zero-order valence-corrected chi connectivity index (χ0v) is 15.8. The quantitative estimate of drug-likeness (QED) is 0.700. The first-order valence-electron chi connectivity index (χ1n) is 9.55. The summed E-state index contributed by atoms with van der Waals surface area (Å²) >= 11 is 0. The fourth-order valence-electron chi connectivity index (χ4n) is 3.82. The van der Waals surface area contributed by atoms with E-state index in [1.54, 1.807) is 10.9 Å². The van der Waals surface area contributed by atoms with E-state index in [1.165, 1.54) is 24.0 Å². The number of aromatic nitrogens is 3. The van der Waals surface area contributed by atoms with Crippen LogP contribution in [0.3, 0.4) is 0 Å². The van der Waals surface area contributed by atoms with Crippen LogP contribution in [-0.2, 0) is 24.7 Å². The van der Waals surface area contributed by atoms with Crippen LogP contribution >= 0.6 is 0 Å². The molecule has 1 N–H and O–H groups in total.